The predicted molar refractivity (Wildman–Crippen MR) is 137 cm³/mol. The molecule has 0 aliphatic carbocycles. The smallest absolute Gasteiger partial charge is 0.191 e. The van der Waals surface area contributed by atoms with Gasteiger partial charge in [-0.05, 0) is 50.1 Å². The number of nitrogens with one attached hydrogen (secondary N) is 3. The van der Waals surface area contributed by atoms with Gasteiger partial charge in [-0.3, -0.25) is 5.10 Å². The van der Waals surface area contributed by atoms with Gasteiger partial charge in [-0.1, -0.05) is 30.3 Å². The zero-order valence-corrected chi connectivity index (χ0v) is 20.9. The van der Waals surface area contributed by atoms with Crippen LogP contribution in [0.5, 0.6) is 5.75 Å². The minimum absolute atomic E-state index is 0. The summed E-state index contributed by atoms with van der Waals surface area (Å²) in [6.07, 6.45) is 0.948. The molecular formula is C23H31IN6O2. The van der Waals surface area contributed by atoms with Crippen LogP contribution in [-0.2, 0) is 6.54 Å². The van der Waals surface area contributed by atoms with Crippen molar-refractivity contribution in [2.45, 2.75) is 39.5 Å². The van der Waals surface area contributed by atoms with E-state index in [1.54, 1.807) is 0 Å². The summed E-state index contributed by atoms with van der Waals surface area (Å²) in [6, 6.07) is 15.5. The van der Waals surface area contributed by atoms with Crippen molar-refractivity contribution in [3.8, 4) is 17.1 Å². The first kappa shape index (κ1) is 25.6. The molecule has 3 aromatic rings. The maximum absolute atomic E-state index is 10.5. The van der Waals surface area contributed by atoms with E-state index in [1.807, 2.05) is 69.3 Å². The number of H-pyrrole nitrogens is 1. The van der Waals surface area contributed by atoms with Crippen LogP contribution >= 0.6 is 24.0 Å². The largest absolute Gasteiger partial charge is 0.491 e. The molecule has 1 heterocycles. The molecule has 3 rings (SSSR count). The average Bonchev–Trinajstić information content (AvgIpc) is 3.31. The number of aromatic amines is 1. The van der Waals surface area contributed by atoms with Gasteiger partial charge in [0, 0.05) is 18.7 Å². The Morgan fingerprint density at radius 3 is 2.59 bits per heavy atom. The summed E-state index contributed by atoms with van der Waals surface area (Å²) in [5.41, 5.74) is 2.83. The Labute approximate surface area is 205 Å². The van der Waals surface area contributed by atoms with Gasteiger partial charge < -0.3 is 20.5 Å². The molecule has 9 heteroatoms. The molecule has 0 aliphatic heterocycles. The lowest BCUT2D eigenvalue weighted by atomic mass is 10.1. The van der Waals surface area contributed by atoms with Gasteiger partial charge in [0.05, 0.1) is 18.8 Å². The van der Waals surface area contributed by atoms with E-state index in [9.17, 15) is 5.11 Å². The number of benzene rings is 2. The van der Waals surface area contributed by atoms with Crippen LogP contribution < -0.4 is 15.4 Å². The Morgan fingerprint density at radius 1 is 1.16 bits per heavy atom. The molecular weight excluding hydrogens is 519 g/mol. The van der Waals surface area contributed by atoms with E-state index in [2.05, 4.69) is 30.8 Å². The lowest BCUT2D eigenvalue weighted by Gasteiger charge is -2.16. The maximum Gasteiger partial charge on any atom is 0.191 e. The molecule has 0 fully saturated rings. The number of aromatic nitrogens is 3. The summed E-state index contributed by atoms with van der Waals surface area (Å²) in [4.78, 5) is 8.82. The van der Waals surface area contributed by atoms with Crippen LogP contribution in [0.1, 0.15) is 38.0 Å². The molecule has 8 nitrogen and oxygen atoms in total. The summed E-state index contributed by atoms with van der Waals surface area (Å²) < 4.78 is 5.65. The minimum Gasteiger partial charge on any atom is -0.491 e. The molecule has 1 unspecified atom stereocenters. The summed E-state index contributed by atoms with van der Waals surface area (Å²) in [6.45, 7) is 7.54. The van der Waals surface area contributed by atoms with E-state index in [0.717, 1.165) is 34.8 Å². The molecule has 0 amide bonds. The van der Waals surface area contributed by atoms with Gasteiger partial charge in [-0.15, -0.1) is 24.0 Å². The van der Waals surface area contributed by atoms with Gasteiger partial charge in [-0.2, -0.15) is 5.10 Å². The van der Waals surface area contributed by atoms with Gasteiger partial charge in [0.2, 0.25) is 0 Å². The fraction of sp³-hybridized carbons (Fsp3) is 0.348. The number of rotatable bonds is 9. The highest BCUT2D eigenvalue weighted by molar-refractivity contribution is 14.0. The molecule has 0 saturated heterocycles. The minimum atomic E-state index is -0.660. The van der Waals surface area contributed by atoms with Gasteiger partial charge in [0.15, 0.2) is 11.8 Å². The third-order valence-corrected chi connectivity index (χ3v) is 4.48. The number of aliphatic imine (C=N–C) groups is 1. The van der Waals surface area contributed by atoms with Crippen molar-refractivity contribution in [1.29, 1.82) is 0 Å². The van der Waals surface area contributed by atoms with Crippen molar-refractivity contribution in [3.63, 3.8) is 0 Å². The van der Waals surface area contributed by atoms with Crippen molar-refractivity contribution >= 4 is 29.9 Å². The number of ether oxygens (including phenoxy) is 1. The van der Waals surface area contributed by atoms with Crippen molar-refractivity contribution in [2.24, 2.45) is 4.99 Å². The second-order valence-electron chi connectivity index (χ2n) is 7.36. The van der Waals surface area contributed by atoms with Crippen LogP contribution in [0.3, 0.4) is 0 Å². The number of halogens is 1. The zero-order chi connectivity index (χ0) is 22.1. The third-order valence-electron chi connectivity index (χ3n) is 4.48. The van der Waals surface area contributed by atoms with Crippen molar-refractivity contribution in [3.05, 3.63) is 66.0 Å². The Kier molecular flexibility index (Phi) is 10.4. The number of guanidine groups is 1. The molecule has 32 heavy (non-hydrogen) atoms. The first-order valence-electron chi connectivity index (χ1n) is 10.5. The molecule has 0 spiro atoms. The quantitative estimate of drug-likeness (QED) is 0.184. The second kappa shape index (κ2) is 13.0. The van der Waals surface area contributed by atoms with Crippen LogP contribution in [-0.4, -0.2) is 45.4 Å². The average molecular weight is 550 g/mol. The molecule has 0 bridgehead atoms. The molecule has 1 aromatic heterocycles. The van der Waals surface area contributed by atoms with Gasteiger partial charge in [-0.25, -0.2) is 9.98 Å². The monoisotopic (exact) mass is 550 g/mol. The van der Waals surface area contributed by atoms with Crippen LogP contribution in [0.15, 0.2) is 59.9 Å². The molecule has 0 saturated carbocycles. The zero-order valence-electron chi connectivity index (χ0n) is 18.6. The highest BCUT2D eigenvalue weighted by atomic mass is 127. The number of hydrogen-bond donors (Lipinski definition) is 4. The van der Waals surface area contributed by atoms with E-state index in [-0.39, 0.29) is 30.1 Å². The van der Waals surface area contributed by atoms with Gasteiger partial charge >= 0.3 is 0 Å². The van der Waals surface area contributed by atoms with Gasteiger partial charge in [0.1, 0.15) is 12.1 Å². The van der Waals surface area contributed by atoms with Crippen LogP contribution in [0, 0.1) is 0 Å². The summed E-state index contributed by atoms with van der Waals surface area (Å²) in [5, 5.41) is 23.7. The van der Waals surface area contributed by atoms with Crippen molar-refractivity contribution < 1.29 is 9.84 Å². The molecule has 4 N–H and O–H groups in total. The van der Waals surface area contributed by atoms with Gasteiger partial charge in [0.25, 0.3) is 0 Å². The first-order valence-corrected chi connectivity index (χ1v) is 10.5. The normalized spacial score (nSPS) is 12.2. The van der Waals surface area contributed by atoms with Crippen molar-refractivity contribution in [1.82, 2.24) is 25.8 Å². The van der Waals surface area contributed by atoms with E-state index in [1.165, 1.54) is 6.33 Å². The topological polar surface area (TPSA) is 107 Å². The van der Waals surface area contributed by atoms with E-state index in [4.69, 9.17) is 4.74 Å². The molecule has 2 aromatic carbocycles. The fourth-order valence-electron chi connectivity index (χ4n) is 3.03. The first-order chi connectivity index (χ1) is 15.0. The van der Waals surface area contributed by atoms with Crippen LogP contribution in [0.25, 0.3) is 11.4 Å². The summed E-state index contributed by atoms with van der Waals surface area (Å²) in [7, 11) is 0. The van der Waals surface area contributed by atoms with E-state index >= 15 is 0 Å². The summed E-state index contributed by atoms with van der Waals surface area (Å²) in [5.74, 6) is 2.16. The Morgan fingerprint density at radius 2 is 1.94 bits per heavy atom. The highest BCUT2D eigenvalue weighted by Crippen LogP contribution is 2.19. The van der Waals surface area contributed by atoms with Crippen molar-refractivity contribution in [2.75, 3.05) is 13.1 Å². The Bertz CT molecular complexity index is 961. The van der Waals surface area contributed by atoms with Crippen LogP contribution in [0.2, 0.25) is 0 Å². The maximum atomic E-state index is 10.5. The number of aliphatic hydroxyl groups excluding tert-OH is 1. The number of nitrogens with zero attached hydrogens (tertiary/aromatic N) is 3. The van der Waals surface area contributed by atoms with E-state index in [0.29, 0.717) is 19.0 Å². The Hall–Kier alpha value is -2.66. The lowest BCUT2D eigenvalue weighted by molar-refractivity contribution is 0.180. The lowest BCUT2D eigenvalue weighted by Crippen LogP contribution is -2.39. The highest BCUT2D eigenvalue weighted by Gasteiger charge is 2.09. The summed E-state index contributed by atoms with van der Waals surface area (Å²) >= 11 is 0. The second-order valence-corrected chi connectivity index (χ2v) is 7.36. The number of aliphatic hydroxyl groups is 1. The van der Waals surface area contributed by atoms with Crippen LogP contribution in [0.4, 0.5) is 0 Å². The molecule has 0 aliphatic rings. The predicted octanol–water partition coefficient (Wildman–Crippen LogP) is 3.67. The molecule has 0 radical (unpaired) electrons. The number of hydrogen-bond acceptors (Lipinski definition) is 5. The SMILES string of the molecule is CCNC(=NCc1cccc(-c2ncn[nH]2)c1)NCC(O)c1ccc(OC(C)C)cc1.I. The third kappa shape index (κ3) is 7.79. The molecule has 1 atom stereocenters. The van der Waals surface area contributed by atoms with E-state index < -0.39 is 6.10 Å². The standard InChI is InChI=1S/C23H30N6O2.HI/c1-4-24-23(25-13-17-6-5-7-19(12-17)22-27-15-28-29-22)26-14-21(30)18-8-10-20(11-9-18)31-16(2)3;/h5-12,15-16,21,30H,4,13-14H2,1-3H3,(H2,24,25,26)(H,27,28,29);1H. The fourth-order valence-corrected chi connectivity index (χ4v) is 3.03. The Balaban J connectivity index is 0.00000363. The molecule has 172 valence electrons.